The summed E-state index contributed by atoms with van der Waals surface area (Å²) in [6.45, 7) is 13.0. The van der Waals surface area contributed by atoms with E-state index in [-0.39, 0.29) is 11.8 Å². The van der Waals surface area contributed by atoms with Crippen LogP contribution in [0.1, 0.15) is 36.5 Å². The topological polar surface area (TPSA) is 68.8 Å². The zero-order valence-electron chi connectivity index (χ0n) is 22.4. The van der Waals surface area contributed by atoms with Crippen molar-refractivity contribution in [2.45, 2.75) is 40.5 Å². The van der Waals surface area contributed by atoms with E-state index < -0.39 is 0 Å². The van der Waals surface area contributed by atoms with E-state index in [2.05, 4.69) is 65.1 Å². The van der Waals surface area contributed by atoms with Crippen molar-refractivity contribution in [2.24, 2.45) is 5.92 Å². The number of carbonyl (C=O) groups excluding carboxylic acids is 2. The number of pyridine rings is 1. The molecule has 7 nitrogen and oxygen atoms in total. The number of anilines is 3. The van der Waals surface area contributed by atoms with Gasteiger partial charge in [-0.15, -0.1) is 0 Å². The smallest absolute Gasteiger partial charge is 0.225 e. The highest BCUT2D eigenvalue weighted by atomic mass is 16.2. The van der Waals surface area contributed by atoms with E-state index in [4.69, 9.17) is 4.98 Å². The molecule has 2 aliphatic heterocycles. The average molecular weight is 500 g/mol. The van der Waals surface area contributed by atoms with Crippen molar-refractivity contribution in [1.82, 2.24) is 9.88 Å². The van der Waals surface area contributed by atoms with Gasteiger partial charge in [0, 0.05) is 68.9 Å². The summed E-state index contributed by atoms with van der Waals surface area (Å²) in [4.78, 5) is 36.4. The van der Waals surface area contributed by atoms with Gasteiger partial charge in [0.05, 0.1) is 5.52 Å². The Bertz CT molecular complexity index is 1320. The third kappa shape index (κ3) is 5.26. The van der Waals surface area contributed by atoms with Gasteiger partial charge in [-0.3, -0.25) is 9.59 Å². The molecule has 0 saturated carbocycles. The number of benzene rings is 2. The molecule has 0 radical (unpaired) electrons. The largest absolute Gasteiger partial charge is 0.368 e. The van der Waals surface area contributed by atoms with Crippen molar-refractivity contribution in [2.75, 3.05) is 54.4 Å². The van der Waals surface area contributed by atoms with E-state index in [9.17, 15) is 9.59 Å². The molecule has 2 fully saturated rings. The van der Waals surface area contributed by atoms with Crippen LogP contribution >= 0.6 is 0 Å². The van der Waals surface area contributed by atoms with Crippen molar-refractivity contribution in [3.63, 3.8) is 0 Å². The summed E-state index contributed by atoms with van der Waals surface area (Å²) in [6, 6.07) is 14.4. The number of piperazine rings is 1. The van der Waals surface area contributed by atoms with E-state index in [1.165, 1.54) is 23.7 Å². The Hall–Kier alpha value is -3.61. The van der Waals surface area contributed by atoms with Crippen molar-refractivity contribution in [3.05, 3.63) is 59.2 Å². The average Bonchev–Trinajstić information content (AvgIpc) is 2.90. The number of fused-ring (bicyclic) bond motifs is 1. The molecule has 7 heteroatoms. The number of nitrogens with one attached hydrogen (secondary N) is 1. The van der Waals surface area contributed by atoms with Crippen molar-refractivity contribution in [1.29, 1.82) is 0 Å². The van der Waals surface area contributed by atoms with Crippen LogP contribution in [0.3, 0.4) is 0 Å². The first-order valence-corrected chi connectivity index (χ1v) is 13.3. The van der Waals surface area contributed by atoms with Gasteiger partial charge in [-0.2, -0.15) is 0 Å². The number of carbonyl (C=O) groups is 2. The van der Waals surface area contributed by atoms with Crippen LogP contribution in [-0.2, 0) is 9.59 Å². The number of piperidine rings is 1. The van der Waals surface area contributed by atoms with Gasteiger partial charge >= 0.3 is 0 Å². The minimum absolute atomic E-state index is 0.0812. The normalized spacial score (nSPS) is 16.8. The van der Waals surface area contributed by atoms with Crippen LogP contribution in [0.5, 0.6) is 0 Å². The Morgan fingerprint density at radius 1 is 0.865 bits per heavy atom. The molecule has 194 valence electrons. The summed E-state index contributed by atoms with van der Waals surface area (Å²) in [5.41, 5.74) is 6.78. The molecule has 1 aromatic heterocycles. The second-order valence-electron chi connectivity index (χ2n) is 10.5. The van der Waals surface area contributed by atoms with Gasteiger partial charge in [0.2, 0.25) is 11.8 Å². The quantitative estimate of drug-likeness (QED) is 0.564. The molecule has 3 aromatic rings. The molecule has 2 amide bonds. The van der Waals surface area contributed by atoms with Gasteiger partial charge in [0.25, 0.3) is 0 Å². The maximum absolute atomic E-state index is 13.3. The lowest BCUT2D eigenvalue weighted by atomic mass is 9.94. The molecule has 37 heavy (non-hydrogen) atoms. The van der Waals surface area contributed by atoms with E-state index in [1.807, 2.05) is 18.2 Å². The molecule has 0 unspecified atom stereocenters. The van der Waals surface area contributed by atoms with Crippen LogP contribution < -0.4 is 15.1 Å². The summed E-state index contributed by atoms with van der Waals surface area (Å²) in [5, 5.41) is 3.89. The van der Waals surface area contributed by atoms with Gasteiger partial charge in [-0.25, -0.2) is 4.98 Å². The lowest BCUT2D eigenvalue weighted by Crippen LogP contribution is -2.52. The number of aryl methyl sites for hydroxylation is 2. The van der Waals surface area contributed by atoms with Crippen LogP contribution in [0.25, 0.3) is 10.9 Å². The Morgan fingerprint density at radius 2 is 1.59 bits per heavy atom. The van der Waals surface area contributed by atoms with E-state index >= 15 is 0 Å². The van der Waals surface area contributed by atoms with Gasteiger partial charge in [0.15, 0.2) is 0 Å². The number of hydrogen-bond acceptors (Lipinski definition) is 5. The molecule has 0 aliphatic carbocycles. The minimum Gasteiger partial charge on any atom is -0.368 e. The fourth-order valence-electron chi connectivity index (χ4n) is 5.68. The molecule has 0 bridgehead atoms. The first-order chi connectivity index (χ1) is 17.8. The molecule has 1 N–H and O–H groups in total. The van der Waals surface area contributed by atoms with Crippen LogP contribution in [0.15, 0.2) is 42.5 Å². The molecule has 2 aliphatic rings. The molecular formula is C30H37N5O2. The predicted octanol–water partition coefficient (Wildman–Crippen LogP) is 4.68. The predicted molar refractivity (Wildman–Crippen MR) is 150 cm³/mol. The molecule has 3 heterocycles. The summed E-state index contributed by atoms with van der Waals surface area (Å²) in [5.74, 6) is 1.28. The van der Waals surface area contributed by atoms with Crippen LogP contribution in [0, 0.1) is 26.7 Å². The third-order valence-corrected chi connectivity index (χ3v) is 8.00. The monoisotopic (exact) mass is 499 g/mol. The van der Waals surface area contributed by atoms with Crippen LogP contribution in [0.2, 0.25) is 0 Å². The molecule has 2 aromatic carbocycles. The second-order valence-corrected chi connectivity index (χ2v) is 10.5. The summed E-state index contributed by atoms with van der Waals surface area (Å²) in [6.07, 6.45) is 1.71. The number of nitrogens with zero attached hydrogens (tertiary/aromatic N) is 4. The Balaban J connectivity index is 1.18. The van der Waals surface area contributed by atoms with Crippen molar-refractivity contribution < 1.29 is 9.59 Å². The van der Waals surface area contributed by atoms with E-state index in [1.54, 1.807) is 0 Å². The Labute approximate surface area is 219 Å². The van der Waals surface area contributed by atoms with E-state index in [0.717, 1.165) is 80.1 Å². The highest BCUT2D eigenvalue weighted by Gasteiger charge is 2.31. The first-order valence-electron chi connectivity index (χ1n) is 13.3. The second kappa shape index (κ2) is 10.4. The Morgan fingerprint density at radius 3 is 2.30 bits per heavy atom. The maximum Gasteiger partial charge on any atom is 0.225 e. The molecule has 0 spiro atoms. The standard InChI is InChI=1S/C30H37N5O2/c1-20-6-5-7-28(22(20)3)33-14-16-35(17-15-33)30(37)24-10-12-34(13-11-24)29-18-21(2)26-19-25(31-23(4)36)8-9-27(26)32-29/h5-9,18-19,24H,10-17H2,1-4H3,(H,31,36). The third-order valence-electron chi connectivity index (χ3n) is 8.00. The van der Waals surface area contributed by atoms with Gasteiger partial charge in [0.1, 0.15) is 5.82 Å². The summed E-state index contributed by atoms with van der Waals surface area (Å²) < 4.78 is 0. The molecule has 0 atom stereocenters. The fraction of sp³-hybridized carbons (Fsp3) is 0.433. The van der Waals surface area contributed by atoms with Gasteiger partial charge in [-0.05, 0) is 80.6 Å². The fourth-order valence-corrected chi connectivity index (χ4v) is 5.68. The van der Waals surface area contributed by atoms with Crippen LogP contribution in [0.4, 0.5) is 17.2 Å². The first kappa shape index (κ1) is 25.1. The minimum atomic E-state index is -0.0812. The Kier molecular flexibility index (Phi) is 7.04. The van der Waals surface area contributed by atoms with E-state index in [0.29, 0.717) is 5.91 Å². The zero-order valence-corrected chi connectivity index (χ0v) is 22.4. The number of hydrogen-bond donors (Lipinski definition) is 1. The molecule has 5 rings (SSSR count). The SMILES string of the molecule is CC(=O)Nc1ccc2nc(N3CCC(C(=O)N4CCN(c5cccc(C)c5C)CC4)CC3)cc(C)c2c1. The number of aromatic nitrogens is 1. The highest BCUT2D eigenvalue weighted by molar-refractivity contribution is 5.93. The summed E-state index contributed by atoms with van der Waals surface area (Å²) in [7, 11) is 0. The maximum atomic E-state index is 13.3. The number of rotatable bonds is 4. The van der Waals surface area contributed by atoms with Crippen LogP contribution in [-0.4, -0.2) is 61.0 Å². The molecule has 2 saturated heterocycles. The van der Waals surface area contributed by atoms with Crippen molar-refractivity contribution >= 4 is 39.9 Å². The number of amides is 2. The zero-order chi connectivity index (χ0) is 26.1. The highest BCUT2D eigenvalue weighted by Crippen LogP contribution is 2.29. The van der Waals surface area contributed by atoms with Gasteiger partial charge in [-0.1, -0.05) is 12.1 Å². The lowest BCUT2D eigenvalue weighted by molar-refractivity contribution is -0.136. The summed E-state index contributed by atoms with van der Waals surface area (Å²) >= 11 is 0. The lowest BCUT2D eigenvalue weighted by Gasteiger charge is -2.40. The van der Waals surface area contributed by atoms with Gasteiger partial charge < -0.3 is 20.0 Å². The molecular weight excluding hydrogens is 462 g/mol. The van der Waals surface area contributed by atoms with Crippen molar-refractivity contribution in [3.8, 4) is 0 Å².